The van der Waals surface area contributed by atoms with Gasteiger partial charge in [0.15, 0.2) is 0 Å². The number of hydrogen-bond donors (Lipinski definition) is 1. The predicted octanol–water partition coefficient (Wildman–Crippen LogP) is 2.20. The van der Waals surface area contributed by atoms with Crippen LogP contribution in [0, 0.1) is 5.41 Å². The van der Waals surface area contributed by atoms with Crippen LogP contribution in [-0.2, 0) is 0 Å². The second kappa shape index (κ2) is 5.28. The third kappa shape index (κ3) is 2.93. The van der Waals surface area contributed by atoms with E-state index in [1.165, 1.54) is 44.8 Å². The monoisotopic (exact) mass is 242 g/mol. The zero-order chi connectivity index (χ0) is 11.6. The molecule has 0 bridgehead atoms. The Hall–Kier alpha value is 0.270. The van der Waals surface area contributed by atoms with Crippen LogP contribution in [0.3, 0.4) is 0 Å². The molecule has 3 heteroatoms. The summed E-state index contributed by atoms with van der Waals surface area (Å²) in [7, 11) is 0. The maximum absolute atomic E-state index is 3.47. The van der Waals surface area contributed by atoms with Gasteiger partial charge in [0, 0.05) is 30.1 Å². The summed E-state index contributed by atoms with van der Waals surface area (Å²) in [5, 5.41) is 4.28. The third-order valence-electron chi connectivity index (χ3n) is 4.41. The minimum absolute atomic E-state index is 0.557. The van der Waals surface area contributed by atoms with E-state index in [9.17, 15) is 0 Å². The first kappa shape index (κ1) is 12.7. The summed E-state index contributed by atoms with van der Waals surface area (Å²) in [5.41, 5.74) is 0.557. The van der Waals surface area contributed by atoms with Gasteiger partial charge in [-0.2, -0.15) is 11.8 Å². The van der Waals surface area contributed by atoms with Crippen molar-refractivity contribution in [2.45, 2.75) is 44.9 Å². The third-order valence-corrected chi connectivity index (χ3v) is 5.75. The number of piperidine rings is 1. The Kier molecular flexibility index (Phi) is 4.20. The fraction of sp³-hybridized carbons (Fsp3) is 1.00. The molecule has 0 aromatic heterocycles. The molecule has 94 valence electrons. The zero-order valence-electron chi connectivity index (χ0n) is 11.0. The lowest BCUT2D eigenvalue weighted by Crippen LogP contribution is -2.51. The molecule has 2 saturated heterocycles. The highest BCUT2D eigenvalue weighted by Crippen LogP contribution is 2.32. The van der Waals surface area contributed by atoms with Crippen LogP contribution in [0.15, 0.2) is 0 Å². The van der Waals surface area contributed by atoms with Gasteiger partial charge < -0.3 is 5.32 Å². The van der Waals surface area contributed by atoms with Crippen LogP contribution >= 0.6 is 11.8 Å². The van der Waals surface area contributed by atoms with Crippen LogP contribution in [0.25, 0.3) is 0 Å². The number of hydrogen-bond acceptors (Lipinski definition) is 3. The minimum Gasteiger partial charge on any atom is -0.317 e. The molecule has 0 radical (unpaired) electrons. The molecule has 0 aromatic carbocycles. The molecule has 0 spiro atoms. The molecule has 0 aromatic rings. The maximum atomic E-state index is 3.47. The Morgan fingerprint density at radius 2 is 2.00 bits per heavy atom. The van der Waals surface area contributed by atoms with Gasteiger partial charge in [-0.25, -0.2) is 0 Å². The van der Waals surface area contributed by atoms with Crippen LogP contribution in [0.5, 0.6) is 0 Å². The molecule has 16 heavy (non-hydrogen) atoms. The largest absolute Gasteiger partial charge is 0.317 e. The van der Waals surface area contributed by atoms with Gasteiger partial charge in [0.05, 0.1) is 0 Å². The lowest BCUT2D eigenvalue weighted by Gasteiger charge is -2.44. The van der Waals surface area contributed by atoms with E-state index in [2.05, 4.69) is 42.7 Å². The summed E-state index contributed by atoms with van der Waals surface area (Å²) in [6, 6.07) is 0.755. The predicted molar refractivity (Wildman–Crippen MR) is 73.2 cm³/mol. The highest BCUT2D eigenvalue weighted by molar-refractivity contribution is 8.00. The summed E-state index contributed by atoms with van der Waals surface area (Å²) in [4.78, 5) is 2.73. The van der Waals surface area contributed by atoms with E-state index in [0.717, 1.165) is 11.3 Å². The number of nitrogens with zero attached hydrogens (tertiary/aromatic N) is 1. The quantitative estimate of drug-likeness (QED) is 0.799. The van der Waals surface area contributed by atoms with Gasteiger partial charge in [-0.15, -0.1) is 0 Å². The van der Waals surface area contributed by atoms with Crippen LogP contribution in [-0.4, -0.2) is 48.1 Å². The first-order valence-corrected chi connectivity index (χ1v) is 7.72. The summed E-state index contributed by atoms with van der Waals surface area (Å²) in [5.74, 6) is 1.32. The molecular weight excluding hydrogens is 216 g/mol. The van der Waals surface area contributed by atoms with Crippen LogP contribution in [0.1, 0.15) is 33.6 Å². The average Bonchev–Trinajstić information content (AvgIpc) is 2.26. The highest BCUT2D eigenvalue weighted by atomic mass is 32.2. The van der Waals surface area contributed by atoms with Gasteiger partial charge in [0.2, 0.25) is 0 Å². The zero-order valence-corrected chi connectivity index (χ0v) is 11.8. The van der Waals surface area contributed by atoms with E-state index in [1.54, 1.807) is 0 Å². The summed E-state index contributed by atoms with van der Waals surface area (Å²) in [6.07, 6.45) is 2.69. The van der Waals surface area contributed by atoms with E-state index in [4.69, 9.17) is 0 Å². The molecular formula is C13H26N2S. The van der Waals surface area contributed by atoms with Crippen molar-refractivity contribution < 1.29 is 0 Å². The molecule has 2 nitrogen and oxygen atoms in total. The number of rotatable bonds is 2. The lowest BCUT2D eigenvalue weighted by molar-refractivity contribution is 0.102. The Morgan fingerprint density at radius 1 is 1.31 bits per heavy atom. The molecule has 2 aliphatic heterocycles. The second-order valence-electron chi connectivity index (χ2n) is 5.85. The molecule has 2 aliphatic rings. The van der Waals surface area contributed by atoms with Gasteiger partial charge in [0.1, 0.15) is 0 Å². The van der Waals surface area contributed by atoms with Gasteiger partial charge in [-0.3, -0.25) is 4.90 Å². The Morgan fingerprint density at radius 3 is 2.69 bits per heavy atom. The Balaban J connectivity index is 1.92. The average molecular weight is 242 g/mol. The van der Waals surface area contributed by atoms with Crippen molar-refractivity contribution in [3.05, 3.63) is 0 Å². The van der Waals surface area contributed by atoms with E-state index < -0.39 is 0 Å². The van der Waals surface area contributed by atoms with Crippen molar-refractivity contribution in [2.24, 2.45) is 5.41 Å². The molecule has 1 N–H and O–H groups in total. The first-order valence-electron chi connectivity index (χ1n) is 6.67. The van der Waals surface area contributed by atoms with Crippen LogP contribution in [0.4, 0.5) is 0 Å². The SMILES string of the molecule is CC1SCCN(CC2(C)CCNCC2)C1C. The fourth-order valence-corrected chi connectivity index (χ4v) is 4.06. The second-order valence-corrected chi connectivity index (χ2v) is 7.33. The van der Waals surface area contributed by atoms with Gasteiger partial charge in [-0.05, 0) is 38.3 Å². The van der Waals surface area contributed by atoms with Crippen molar-refractivity contribution in [3.8, 4) is 0 Å². The maximum Gasteiger partial charge on any atom is 0.0184 e. The summed E-state index contributed by atoms with van der Waals surface area (Å²) < 4.78 is 0. The standard InChI is InChI=1S/C13H26N2S/c1-11-12(2)16-9-8-15(11)10-13(3)4-6-14-7-5-13/h11-12,14H,4-10H2,1-3H3. The van der Waals surface area contributed by atoms with Crippen LogP contribution in [0.2, 0.25) is 0 Å². The van der Waals surface area contributed by atoms with Gasteiger partial charge in [-0.1, -0.05) is 13.8 Å². The van der Waals surface area contributed by atoms with Crippen molar-refractivity contribution >= 4 is 11.8 Å². The van der Waals surface area contributed by atoms with Crippen molar-refractivity contribution in [1.29, 1.82) is 0 Å². The van der Waals surface area contributed by atoms with E-state index >= 15 is 0 Å². The molecule has 2 heterocycles. The topological polar surface area (TPSA) is 15.3 Å². The number of thioether (sulfide) groups is 1. The van der Waals surface area contributed by atoms with E-state index in [0.29, 0.717) is 5.41 Å². The van der Waals surface area contributed by atoms with E-state index in [-0.39, 0.29) is 0 Å². The molecule has 0 amide bonds. The van der Waals surface area contributed by atoms with E-state index in [1.807, 2.05) is 0 Å². The lowest BCUT2D eigenvalue weighted by atomic mass is 9.80. The first-order chi connectivity index (χ1) is 7.61. The molecule has 2 unspecified atom stereocenters. The van der Waals surface area contributed by atoms with Crippen molar-refractivity contribution in [1.82, 2.24) is 10.2 Å². The molecule has 0 saturated carbocycles. The molecule has 0 aliphatic carbocycles. The fourth-order valence-electron chi connectivity index (χ4n) is 2.90. The normalized spacial score (nSPS) is 36.2. The number of nitrogens with one attached hydrogen (secondary N) is 1. The van der Waals surface area contributed by atoms with Crippen LogP contribution < -0.4 is 5.32 Å². The minimum atomic E-state index is 0.557. The Bertz CT molecular complexity index is 226. The van der Waals surface area contributed by atoms with Crippen molar-refractivity contribution in [3.63, 3.8) is 0 Å². The summed E-state index contributed by atoms with van der Waals surface area (Å²) >= 11 is 2.14. The van der Waals surface area contributed by atoms with Gasteiger partial charge >= 0.3 is 0 Å². The molecule has 2 rings (SSSR count). The van der Waals surface area contributed by atoms with Gasteiger partial charge in [0.25, 0.3) is 0 Å². The van der Waals surface area contributed by atoms with Crippen molar-refractivity contribution in [2.75, 3.05) is 31.9 Å². The Labute approximate surface area is 105 Å². The summed E-state index contributed by atoms with van der Waals surface area (Å²) in [6.45, 7) is 12.3. The molecule has 2 atom stereocenters. The molecule has 2 fully saturated rings. The highest BCUT2D eigenvalue weighted by Gasteiger charge is 2.33. The smallest absolute Gasteiger partial charge is 0.0184 e.